The molecule has 0 aliphatic rings. The summed E-state index contributed by atoms with van der Waals surface area (Å²) in [7, 11) is 0. The van der Waals surface area contributed by atoms with Crippen molar-refractivity contribution in [1.82, 2.24) is 0 Å². The molecule has 2 aromatic carbocycles. The van der Waals surface area contributed by atoms with Gasteiger partial charge in [0, 0.05) is 23.5 Å². The van der Waals surface area contributed by atoms with Crippen molar-refractivity contribution >= 4 is 11.4 Å². The Kier molecular flexibility index (Phi) is 4.91. The molecule has 0 saturated heterocycles. The Morgan fingerprint density at radius 1 is 1.19 bits per heavy atom. The van der Waals surface area contributed by atoms with Crippen LogP contribution in [-0.4, -0.2) is 11.7 Å². The van der Waals surface area contributed by atoms with Gasteiger partial charge in [-0.05, 0) is 31.2 Å². The highest BCUT2D eigenvalue weighted by atomic mass is 19.1. The van der Waals surface area contributed by atoms with Gasteiger partial charge in [0.2, 0.25) is 0 Å². The van der Waals surface area contributed by atoms with Crippen molar-refractivity contribution in [2.75, 3.05) is 11.4 Å². The second kappa shape index (κ2) is 6.87. The van der Waals surface area contributed by atoms with Gasteiger partial charge in [-0.2, -0.15) is 5.26 Å². The number of nitriles is 1. The number of halogens is 1. The SMILES string of the molecule is C[C@H](O)c1c(F)cccc1N(CCC#N)c1ccccc1. The Bertz CT molecular complexity index is 635. The lowest BCUT2D eigenvalue weighted by atomic mass is 10.1. The molecular weight excluding hydrogens is 267 g/mol. The van der Waals surface area contributed by atoms with Crippen molar-refractivity contribution in [3.63, 3.8) is 0 Å². The highest BCUT2D eigenvalue weighted by Crippen LogP contribution is 2.33. The number of anilines is 2. The van der Waals surface area contributed by atoms with E-state index in [1.807, 2.05) is 35.2 Å². The smallest absolute Gasteiger partial charge is 0.131 e. The van der Waals surface area contributed by atoms with Crippen molar-refractivity contribution in [3.8, 4) is 6.07 Å². The second-order valence-corrected chi connectivity index (χ2v) is 4.74. The van der Waals surface area contributed by atoms with Gasteiger partial charge >= 0.3 is 0 Å². The van der Waals surface area contributed by atoms with Gasteiger partial charge in [0.15, 0.2) is 0 Å². The first-order valence-electron chi connectivity index (χ1n) is 6.81. The fraction of sp³-hybridized carbons (Fsp3) is 0.235. The first kappa shape index (κ1) is 15.0. The maximum atomic E-state index is 14.0. The largest absolute Gasteiger partial charge is 0.389 e. The molecule has 0 fully saturated rings. The summed E-state index contributed by atoms with van der Waals surface area (Å²) in [6, 6.07) is 16.3. The number of aliphatic hydroxyl groups excluding tert-OH is 1. The quantitative estimate of drug-likeness (QED) is 0.905. The zero-order valence-corrected chi connectivity index (χ0v) is 11.8. The van der Waals surface area contributed by atoms with Crippen LogP contribution in [0.2, 0.25) is 0 Å². The van der Waals surface area contributed by atoms with E-state index in [0.717, 1.165) is 5.69 Å². The van der Waals surface area contributed by atoms with Gasteiger partial charge < -0.3 is 10.0 Å². The Morgan fingerprint density at radius 3 is 2.52 bits per heavy atom. The highest BCUT2D eigenvalue weighted by Gasteiger charge is 2.19. The molecule has 0 saturated carbocycles. The summed E-state index contributed by atoms with van der Waals surface area (Å²) in [5.41, 5.74) is 1.70. The van der Waals surface area contributed by atoms with Gasteiger partial charge in [0.05, 0.1) is 18.6 Å². The van der Waals surface area contributed by atoms with E-state index < -0.39 is 11.9 Å². The Labute approximate surface area is 123 Å². The van der Waals surface area contributed by atoms with Crippen molar-refractivity contribution in [2.45, 2.75) is 19.4 Å². The monoisotopic (exact) mass is 284 g/mol. The van der Waals surface area contributed by atoms with E-state index in [0.29, 0.717) is 18.7 Å². The van der Waals surface area contributed by atoms with Crippen LogP contribution in [-0.2, 0) is 0 Å². The van der Waals surface area contributed by atoms with Crippen LogP contribution in [0.1, 0.15) is 25.0 Å². The molecule has 0 heterocycles. The molecule has 108 valence electrons. The lowest BCUT2D eigenvalue weighted by Crippen LogP contribution is -2.20. The molecule has 0 radical (unpaired) electrons. The van der Waals surface area contributed by atoms with Crippen molar-refractivity contribution in [1.29, 1.82) is 5.26 Å². The minimum atomic E-state index is -0.922. The number of hydrogen-bond acceptors (Lipinski definition) is 3. The summed E-state index contributed by atoms with van der Waals surface area (Å²) in [5, 5.41) is 18.7. The predicted molar refractivity (Wildman–Crippen MR) is 80.7 cm³/mol. The van der Waals surface area contributed by atoms with E-state index in [1.165, 1.54) is 13.0 Å². The summed E-state index contributed by atoms with van der Waals surface area (Å²) in [6.45, 7) is 1.97. The average molecular weight is 284 g/mol. The number of benzene rings is 2. The van der Waals surface area contributed by atoms with Gasteiger partial charge in [-0.25, -0.2) is 4.39 Å². The molecule has 0 spiro atoms. The Hall–Kier alpha value is -2.38. The van der Waals surface area contributed by atoms with Crippen LogP contribution in [0.4, 0.5) is 15.8 Å². The first-order chi connectivity index (χ1) is 10.1. The Morgan fingerprint density at radius 2 is 1.90 bits per heavy atom. The zero-order valence-electron chi connectivity index (χ0n) is 11.8. The van der Waals surface area contributed by atoms with E-state index >= 15 is 0 Å². The van der Waals surface area contributed by atoms with Crippen molar-refractivity contribution in [2.24, 2.45) is 0 Å². The average Bonchev–Trinajstić information content (AvgIpc) is 2.48. The third-order valence-electron chi connectivity index (χ3n) is 3.25. The summed E-state index contributed by atoms with van der Waals surface area (Å²) in [6.07, 6.45) is -0.612. The van der Waals surface area contributed by atoms with E-state index in [4.69, 9.17) is 5.26 Å². The second-order valence-electron chi connectivity index (χ2n) is 4.74. The molecule has 1 atom stereocenters. The van der Waals surface area contributed by atoms with E-state index in [-0.39, 0.29) is 5.56 Å². The van der Waals surface area contributed by atoms with Crippen molar-refractivity contribution < 1.29 is 9.50 Å². The van der Waals surface area contributed by atoms with Crippen molar-refractivity contribution in [3.05, 3.63) is 59.9 Å². The molecule has 0 aromatic heterocycles. The number of rotatable bonds is 5. The maximum Gasteiger partial charge on any atom is 0.131 e. The molecule has 2 aromatic rings. The molecule has 1 N–H and O–H groups in total. The van der Waals surface area contributed by atoms with Gasteiger partial charge in [-0.15, -0.1) is 0 Å². The molecule has 0 unspecified atom stereocenters. The van der Waals surface area contributed by atoms with Crippen LogP contribution in [0.25, 0.3) is 0 Å². The third-order valence-corrected chi connectivity index (χ3v) is 3.25. The molecule has 2 rings (SSSR count). The van der Waals surface area contributed by atoms with Crippen LogP contribution < -0.4 is 4.90 Å². The summed E-state index contributed by atoms with van der Waals surface area (Å²) in [4.78, 5) is 1.86. The maximum absolute atomic E-state index is 14.0. The summed E-state index contributed by atoms with van der Waals surface area (Å²) < 4.78 is 14.0. The number of hydrogen-bond donors (Lipinski definition) is 1. The number of aliphatic hydroxyl groups is 1. The van der Waals surface area contributed by atoms with E-state index in [2.05, 4.69) is 6.07 Å². The molecule has 0 bridgehead atoms. The molecule has 0 aliphatic carbocycles. The summed E-state index contributed by atoms with van der Waals surface area (Å²) >= 11 is 0. The van der Waals surface area contributed by atoms with Gasteiger partial charge in [-0.3, -0.25) is 0 Å². The van der Waals surface area contributed by atoms with Gasteiger partial charge in [0.25, 0.3) is 0 Å². The molecule has 0 amide bonds. The Balaban J connectivity index is 2.52. The minimum absolute atomic E-state index is 0.249. The number of nitrogens with zero attached hydrogens (tertiary/aromatic N) is 2. The first-order valence-corrected chi connectivity index (χ1v) is 6.81. The zero-order chi connectivity index (χ0) is 15.2. The molecule has 4 heteroatoms. The predicted octanol–water partition coefficient (Wildman–Crippen LogP) is 3.93. The lowest BCUT2D eigenvalue weighted by molar-refractivity contribution is 0.194. The van der Waals surface area contributed by atoms with Crippen LogP contribution in [0, 0.1) is 17.1 Å². The van der Waals surface area contributed by atoms with Gasteiger partial charge in [0.1, 0.15) is 5.82 Å². The lowest BCUT2D eigenvalue weighted by Gasteiger charge is -2.27. The highest BCUT2D eigenvalue weighted by molar-refractivity contribution is 5.67. The molecule has 3 nitrogen and oxygen atoms in total. The number of para-hydroxylation sites is 1. The summed E-state index contributed by atoms with van der Waals surface area (Å²) in [5.74, 6) is -0.444. The fourth-order valence-electron chi connectivity index (χ4n) is 2.33. The van der Waals surface area contributed by atoms with Crippen LogP contribution in [0.5, 0.6) is 0 Å². The molecule has 0 aliphatic heterocycles. The van der Waals surface area contributed by atoms with Crippen LogP contribution >= 0.6 is 0 Å². The van der Waals surface area contributed by atoms with E-state index in [9.17, 15) is 9.50 Å². The van der Waals surface area contributed by atoms with E-state index in [1.54, 1.807) is 12.1 Å². The van der Waals surface area contributed by atoms with Crippen LogP contribution in [0.3, 0.4) is 0 Å². The molecule has 21 heavy (non-hydrogen) atoms. The fourth-order valence-corrected chi connectivity index (χ4v) is 2.33. The third kappa shape index (κ3) is 3.39. The van der Waals surface area contributed by atoms with Crippen LogP contribution in [0.15, 0.2) is 48.5 Å². The normalized spacial score (nSPS) is 11.7. The van der Waals surface area contributed by atoms with Gasteiger partial charge in [-0.1, -0.05) is 24.3 Å². The minimum Gasteiger partial charge on any atom is -0.389 e. The topological polar surface area (TPSA) is 47.3 Å². The standard InChI is InChI=1S/C17H17FN2O/c1-13(21)17-15(18)9-5-10-16(17)20(12-6-11-19)14-7-3-2-4-8-14/h2-5,7-10,13,21H,6,12H2,1H3/t13-/m0/s1. The molecular formula is C17H17FN2O.